The van der Waals surface area contributed by atoms with Crippen LogP contribution in [0.3, 0.4) is 0 Å². The minimum atomic E-state index is -4.76. The van der Waals surface area contributed by atoms with Gasteiger partial charge in [0.15, 0.2) is 0 Å². The molecule has 0 saturated carbocycles. The molecule has 0 N–H and O–H groups in total. The van der Waals surface area contributed by atoms with Gasteiger partial charge in [0.05, 0.1) is 11.3 Å². The number of hydrogen-bond donors (Lipinski definition) is 0. The molecule has 1 fully saturated rings. The molecule has 1 aromatic rings. The number of anilines is 1. The number of alkyl halides is 3. The van der Waals surface area contributed by atoms with E-state index in [0.29, 0.717) is 0 Å². The van der Waals surface area contributed by atoms with Crippen LogP contribution in [-0.4, -0.2) is 19.0 Å². The Hall–Kier alpha value is -2.28. The smallest absolute Gasteiger partial charge is 0.309 e. The third-order valence-electron chi connectivity index (χ3n) is 3.17. The number of para-hydroxylation sites is 1. The topological polar surface area (TPSA) is 69.1 Å². The van der Waals surface area contributed by atoms with Gasteiger partial charge in [0.1, 0.15) is 5.82 Å². The molecule has 1 unspecified atom stereocenters. The molecule has 1 heterocycles. The van der Waals surface area contributed by atoms with E-state index in [1.807, 2.05) is 0 Å². The number of nitrogens with zero attached hydrogens (tertiary/aromatic N) is 4. The maximum Gasteiger partial charge on any atom is 0.418 e. The molecular weight excluding hydrogens is 292 g/mol. The molecule has 0 aliphatic carbocycles. The molecular formula is C12H10F4N4O. The van der Waals surface area contributed by atoms with E-state index in [-0.39, 0.29) is 19.5 Å². The van der Waals surface area contributed by atoms with Gasteiger partial charge in [0, 0.05) is 24.4 Å². The largest absolute Gasteiger partial charge is 0.418 e. The fraction of sp³-hybridized carbons (Fsp3) is 0.417. The molecule has 2 rings (SSSR count). The van der Waals surface area contributed by atoms with Crippen LogP contribution in [0.4, 0.5) is 23.2 Å². The predicted octanol–water partition coefficient (Wildman–Crippen LogP) is 3.51. The zero-order valence-corrected chi connectivity index (χ0v) is 10.6. The Morgan fingerprint density at radius 1 is 1.43 bits per heavy atom. The van der Waals surface area contributed by atoms with Crippen LogP contribution in [-0.2, 0) is 11.0 Å². The lowest BCUT2D eigenvalue weighted by atomic mass is 10.1. The summed E-state index contributed by atoms with van der Waals surface area (Å²) in [4.78, 5) is 15.1. The first-order valence-corrected chi connectivity index (χ1v) is 6.01. The molecule has 1 aromatic carbocycles. The highest BCUT2D eigenvalue weighted by atomic mass is 19.4. The molecule has 1 amide bonds. The van der Waals surface area contributed by atoms with Crippen molar-refractivity contribution in [3.63, 3.8) is 0 Å². The van der Waals surface area contributed by atoms with Gasteiger partial charge in [-0.05, 0) is 23.6 Å². The van der Waals surface area contributed by atoms with Gasteiger partial charge >= 0.3 is 6.18 Å². The Labute approximate surface area is 116 Å². The van der Waals surface area contributed by atoms with Crippen LogP contribution in [0, 0.1) is 11.7 Å². The number of carbonyl (C=O) groups excluding carboxylic acids is 1. The van der Waals surface area contributed by atoms with Crippen LogP contribution in [0.1, 0.15) is 12.0 Å². The van der Waals surface area contributed by atoms with E-state index in [4.69, 9.17) is 5.53 Å². The highest BCUT2D eigenvalue weighted by Crippen LogP contribution is 2.40. The summed E-state index contributed by atoms with van der Waals surface area (Å²) in [6, 6.07) is 2.55. The predicted molar refractivity (Wildman–Crippen MR) is 65.9 cm³/mol. The SMILES string of the molecule is [N-]=[N+]=NCC1CC(=O)N(c2c(F)cccc2C(F)(F)F)C1. The highest BCUT2D eigenvalue weighted by molar-refractivity contribution is 5.96. The average Bonchev–Trinajstić information content (AvgIpc) is 2.76. The van der Waals surface area contributed by atoms with E-state index < -0.39 is 35.1 Å². The van der Waals surface area contributed by atoms with Crippen molar-refractivity contribution in [2.75, 3.05) is 18.0 Å². The Morgan fingerprint density at radius 2 is 2.14 bits per heavy atom. The summed E-state index contributed by atoms with van der Waals surface area (Å²) >= 11 is 0. The van der Waals surface area contributed by atoms with Crippen LogP contribution in [0.25, 0.3) is 10.4 Å². The maximum atomic E-state index is 13.8. The van der Waals surface area contributed by atoms with E-state index in [1.165, 1.54) is 0 Å². The van der Waals surface area contributed by atoms with Crippen LogP contribution in [0.15, 0.2) is 23.3 Å². The summed E-state index contributed by atoms with van der Waals surface area (Å²) in [6.45, 7) is -0.129. The van der Waals surface area contributed by atoms with Crippen LogP contribution in [0.5, 0.6) is 0 Å². The van der Waals surface area contributed by atoms with Crippen molar-refractivity contribution in [3.05, 3.63) is 40.0 Å². The van der Waals surface area contributed by atoms with Crippen molar-refractivity contribution in [2.45, 2.75) is 12.6 Å². The molecule has 21 heavy (non-hydrogen) atoms. The van der Waals surface area contributed by atoms with Crippen molar-refractivity contribution in [2.24, 2.45) is 11.0 Å². The van der Waals surface area contributed by atoms with Gasteiger partial charge in [-0.2, -0.15) is 13.2 Å². The van der Waals surface area contributed by atoms with Gasteiger partial charge in [-0.25, -0.2) is 4.39 Å². The number of halogens is 4. The minimum absolute atomic E-state index is 0.0193. The van der Waals surface area contributed by atoms with Gasteiger partial charge in [-0.3, -0.25) is 4.79 Å². The molecule has 9 heteroatoms. The van der Waals surface area contributed by atoms with E-state index in [9.17, 15) is 22.4 Å². The molecule has 112 valence electrons. The van der Waals surface area contributed by atoms with E-state index in [1.54, 1.807) is 0 Å². The van der Waals surface area contributed by atoms with Crippen molar-refractivity contribution in [1.29, 1.82) is 0 Å². The third-order valence-corrected chi connectivity index (χ3v) is 3.17. The van der Waals surface area contributed by atoms with Crippen LogP contribution in [0.2, 0.25) is 0 Å². The third kappa shape index (κ3) is 3.08. The summed E-state index contributed by atoms with van der Waals surface area (Å²) in [7, 11) is 0. The number of amides is 1. The lowest BCUT2D eigenvalue weighted by molar-refractivity contribution is -0.137. The summed E-state index contributed by atoms with van der Waals surface area (Å²) in [5.41, 5.74) is 6.26. The summed E-state index contributed by atoms with van der Waals surface area (Å²) in [6.07, 6.45) is -4.84. The first-order valence-electron chi connectivity index (χ1n) is 6.01. The maximum absolute atomic E-state index is 13.8. The lowest BCUT2D eigenvalue weighted by Gasteiger charge is -2.22. The summed E-state index contributed by atoms with van der Waals surface area (Å²) < 4.78 is 52.6. The summed E-state index contributed by atoms with van der Waals surface area (Å²) in [5, 5.41) is 3.30. The van der Waals surface area contributed by atoms with E-state index >= 15 is 0 Å². The number of benzene rings is 1. The molecule has 0 aromatic heterocycles. The number of azide groups is 1. The monoisotopic (exact) mass is 302 g/mol. The van der Waals surface area contributed by atoms with Crippen LogP contribution >= 0.6 is 0 Å². The van der Waals surface area contributed by atoms with Crippen LogP contribution < -0.4 is 4.90 Å². The van der Waals surface area contributed by atoms with Gasteiger partial charge in [-0.15, -0.1) is 0 Å². The molecule has 1 atom stereocenters. The average molecular weight is 302 g/mol. The molecule has 5 nitrogen and oxygen atoms in total. The van der Waals surface area contributed by atoms with Gasteiger partial charge < -0.3 is 4.90 Å². The first kappa shape index (κ1) is 15.1. The normalized spacial score (nSPS) is 18.8. The minimum Gasteiger partial charge on any atom is -0.309 e. The second-order valence-corrected chi connectivity index (χ2v) is 4.62. The Balaban J connectivity index is 2.38. The van der Waals surface area contributed by atoms with E-state index in [2.05, 4.69) is 10.0 Å². The van der Waals surface area contributed by atoms with E-state index in [0.717, 1.165) is 23.1 Å². The fourth-order valence-corrected chi connectivity index (χ4v) is 2.29. The Bertz CT molecular complexity index is 610. The van der Waals surface area contributed by atoms with Gasteiger partial charge in [0.2, 0.25) is 5.91 Å². The van der Waals surface area contributed by atoms with Gasteiger partial charge in [0.25, 0.3) is 0 Å². The van der Waals surface area contributed by atoms with Crippen molar-refractivity contribution >= 4 is 11.6 Å². The number of hydrogen-bond acceptors (Lipinski definition) is 2. The molecule has 1 aliphatic heterocycles. The zero-order valence-electron chi connectivity index (χ0n) is 10.6. The quantitative estimate of drug-likeness (QED) is 0.364. The Morgan fingerprint density at radius 3 is 2.76 bits per heavy atom. The number of rotatable bonds is 3. The van der Waals surface area contributed by atoms with Crippen molar-refractivity contribution < 1.29 is 22.4 Å². The standard InChI is InChI=1S/C12H10F4N4O/c13-9-3-1-2-8(12(14,15)16)11(9)20-6-7(4-10(20)21)5-18-19-17/h1-3,7H,4-6H2. The van der Waals surface area contributed by atoms with Crippen molar-refractivity contribution in [1.82, 2.24) is 0 Å². The summed E-state index contributed by atoms with van der Waals surface area (Å²) in [5.74, 6) is -2.15. The van der Waals surface area contributed by atoms with Gasteiger partial charge in [-0.1, -0.05) is 11.2 Å². The molecule has 0 spiro atoms. The molecule has 0 radical (unpaired) electrons. The zero-order chi connectivity index (χ0) is 15.6. The van der Waals surface area contributed by atoms with Crippen molar-refractivity contribution in [3.8, 4) is 0 Å². The highest BCUT2D eigenvalue weighted by Gasteiger charge is 2.40. The fourth-order valence-electron chi connectivity index (χ4n) is 2.29. The second kappa shape index (κ2) is 5.61. The second-order valence-electron chi connectivity index (χ2n) is 4.62. The lowest BCUT2D eigenvalue weighted by Crippen LogP contribution is -2.28. The molecule has 1 aliphatic rings. The number of carbonyl (C=O) groups is 1. The first-order chi connectivity index (χ1) is 9.84. The molecule has 0 bridgehead atoms. The molecule has 1 saturated heterocycles. The Kier molecular flexibility index (Phi) is 4.04.